The number of benzene rings is 1. The van der Waals surface area contributed by atoms with E-state index in [0.29, 0.717) is 24.2 Å². The number of β-lactam (4-membered cyclic amide) rings is 1. The molecule has 11 nitrogen and oxygen atoms in total. The highest BCUT2D eigenvalue weighted by molar-refractivity contribution is 6.06. The highest BCUT2D eigenvalue weighted by atomic mass is 16.7. The standard InChI is InChI=1S/C29H34N4O7/c1-17(34)24-22-13-21(25(33(22)26(24)36)27(37)39-16-40-28(38)29(2,3)4)19-7-5-18(6-8-19)14-31-15-23(35)32-20-9-11-30-12-10-20/h5-12,17,22,24,31,34H,13-16H2,1-4H3,(H,30,32,35)/t17-,22-,24-/m1/s1. The third-order valence-electron chi connectivity index (χ3n) is 6.80. The summed E-state index contributed by atoms with van der Waals surface area (Å²) < 4.78 is 10.3. The average Bonchev–Trinajstić information content (AvgIpc) is 3.23. The molecule has 2 aliphatic heterocycles. The maximum atomic E-state index is 13.1. The van der Waals surface area contributed by atoms with Crippen molar-refractivity contribution in [2.45, 2.75) is 52.8 Å². The van der Waals surface area contributed by atoms with Crippen LogP contribution in [0.4, 0.5) is 5.69 Å². The van der Waals surface area contributed by atoms with E-state index in [1.165, 1.54) is 4.90 Å². The lowest BCUT2D eigenvalue weighted by molar-refractivity contribution is -0.175. The minimum Gasteiger partial charge on any atom is -0.427 e. The molecule has 2 amide bonds. The minimum absolute atomic E-state index is 0.0948. The number of aliphatic hydroxyl groups is 1. The molecule has 0 saturated carbocycles. The number of carbonyl (C=O) groups excluding carboxylic acids is 4. The molecule has 0 aliphatic carbocycles. The van der Waals surface area contributed by atoms with E-state index in [1.54, 1.807) is 52.2 Å². The van der Waals surface area contributed by atoms with Gasteiger partial charge in [-0.25, -0.2) is 4.79 Å². The molecule has 11 heteroatoms. The van der Waals surface area contributed by atoms with Gasteiger partial charge in [0, 0.05) is 24.6 Å². The molecular formula is C29H34N4O7. The number of ether oxygens (including phenoxy) is 2. The number of amides is 2. The van der Waals surface area contributed by atoms with Crippen molar-refractivity contribution in [3.8, 4) is 0 Å². The number of nitrogens with one attached hydrogen (secondary N) is 2. The van der Waals surface area contributed by atoms with Crippen LogP contribution < -0.4 is 10.6 Å². The summed E-state index contributed by atoms with van der Waals surface area (Å²) in [6, 6.07) is 10.5. The molecule has 3 N–H and O–H groups in total. The van der Waals surface area contributed by atoms with Crippen molar-refractivity contribution in [2.24, 2.45) is 11.3 Å². The highest BCUT2D eigenvalue weighted by Crippen LogP contribution is 2.47. The molecular weight excluding hydrogens is 516 g/mol. The first-order valence-corrected chi connectivity index (χ1v) is 13.1. The zero-order chi connectivity index (χ0) is 29.0. The molecule has 212 valence electrons. The monoisotopic (exact) mass is 550 g/mol. The fourth-order valence-corrected chi connectivity index (χ4v) is 4.72. The summed E-state index contributed by atoms with van der Waals surface area (Å²) in [5, 5.41) is 16.0. The Bertz CT molecular complexity index is 1300. The Morgan fingerprint density at radius 3 is 2.40 bits per heavy atom. The van der Waals surface area contributed by atoms with Crippen LogP contribution in [0.25, 0.3) is 5.57 Å². The number of hydrogen-bond donors (Lipinski definition) is 3. The second kappa shape index (κ2) is 12.0. The molecule has 2 aromatic rings. The van der Waals surface area contributed by atoms with Crippen LogP contribution in [-0.4, -0.2) is 64.2 Å². The van der Waals surface area contributed by atoms with Crippen molar-refractivity contribution in [1.29, 1.82) is 0 Å². The number of fused-ring (bicyclic) bond motifs is 1. The van der Waals surface area contributed by atoms with Crippen LogP contribution in [0.5, 0.6) is 0 Å². The predicted octanol–water partition coefficient (Wildman–Crippen LogP) is 2.22. The van der Waals surface area contributed by atoms with E-state index in [2.05, 4.69) is 15.6 Å². The fourth-order valence-electron chi connectivity index (χ4n) is 4.72. The van der Waals surface area contributed by atoms with Gasteiger partial charge in [0.05, 0.1) is 30.0 Å². The number of hydrogen-bond acceptors (Lipinski definition) is 9. The van der Waals surface area contributed by atoms with Crippen LogP contribution in [0.3, 0.4) is 0 Å². The summed E-state index contributed by atoms with van der Waals surface area (Å²) in [5.74, 6) is -2.44. The first-order chi connectivity index (χ1) is 19.0. The second-order valence-electron chi connectivity index (χ2n) is 10.9. The van der Waals surface area contributed by atoms with Crippen molar-refractivity contribution in [2.75, 3.05) is 18.7 Å². The number of nitrogens with zero attached hydrogens (tertiary/aromatic N) is 2. The first kappa shape index (κ1) is 28.9. The summed E-state index contributed by atoms with van der Waals surface area (Å²) >= 11 is 0. The Morgan fingerprint density at radius 1 is 1.10 bits per heavy atom. The first-order valence-electron chi connectivity index (χ1n) is 13.1. The lowest BCUT2D eigenvalue weighted by atomic mass is 9.82. The summed E-state index contributed by atoms with van der Waals surface area (Å²) in [5.41, 5.74) is 2.26. The van der Waals surface area contributed by atoms with E-state index in [9.17, 15) is 24.3 Å². The van der Waals surface area contributed by atoms with Gasteiger partial charge in [0.25, 0.3) is 0 Å². The zero-order valence-electron chi connectivity index (χ0n) is 23.0. The molecule has 4 rings (SSSR count). The molecule has 1 saturated heterocycles. The van der Waals surface area contributed by atoms with Crippen molar-refractivity contribution < 1.29 is 33.8 Å². The molecule has 0 bridgehead atoms. The van der Waals surface area contributed by atoms with Crippen LogP contribution in [0.15, 0.2) is 54.5 Å². The van der Waals surface area contributed by atoms with E-state index in [-0.39, 0.29) is 30.1 Å². The van der Waals surface area contributed by atoms with Gasteiger partial charge >= 0.3 is 11.9 Å². The molecule has 40 heavy (non-hydrogen) atoms. The van der Waals surface area contributed by atoms with Gasteiger partial charge in [0.2, 0.25) is 18.6 Å². The van der Waals surface area contributed by atoms with Crippen LogP contribution in [0.1, 0.15) is 45.2 Å². The van der Waals surface area contributed by atoms with Gasteiger partial charge in [-0.3, -0.25) is 19.4 Å². The lowest BCUT2D eigenvalue weighted by Gasteiger charge is -2.44. The number of pyridine rings is 1. The molecule has 1 aromatic carbocycles. The summed E-state index contributed by atoms with van der Waals surface area (Å²) in [6.07, 6.45) is 2.71. The van der Waals surface area contributed by atoms with Crippen molar-refractivity contribution in [3.63, 3.8) is 0 Å². The van der Waals surface area contributed by atoms with Crippen molar-refractivity contribution >= 4 is 35.0 Å². The number of aromatic nitrogens is 1. The maximum absolute atomic E-state index is 13.1. The van der Waals surface area contributed by atoms with E-state index < -0.39 is 36.2 Å². The largest absolute Gasteiger partial charge is 0.427 e. The number of rotatable bonds is 10. The molecule has 0 unspecified atom stereocenters. The number of esters is 2. The lowest BCUT2D eigenvalue weighted by Crippen LogP contribution is -2.61. The Morgan fingerprint density at radius 2 is 1.77 bits per heavy atom. The number of anilines is 1. The fraction of sp³-hybridized carbons (Fsp3) is 0.414. The second-order valence-corrected chi connectivity index (χ2v) is 10.9. The molecule has 3 heterocycles. The zero-order valence-corrected chi connectivity index (χ0v) is 23.0. The van der Waals surface area contributed by atoms with E-state index in [1.807, 2.05) is 24.3 Å². The predicted molar refractivity (Wildman–Crippen MR) is 145 cm³/mol. The molecule has 0 radical (unpaired) electrons. The van der Waals surface area contributed by atoms with Gasteiger partial charge in [0.1, 0.15) is 5.70 Å². The van der Waals surface area contributed by atoms with Crippen LogP contribution in [0, 0.1) is 11.3 Å². The van der Waals surface area contributed by atoms with E-state index in [0.717, 1.165) is 11.1 Å². The van der Waals surface area contributed by atoms with Crippen LogP contribution in [-0.2, 0) is 35.2 Å². The Hall–Kier alpha value is -4.09. The average molecular weight is 551 g/mol. The molecule has 1 aromatic heterocycles. The molecule has 0 spiro atoms. The van der Waals surface area contributed by atoms with Crippen molar-refractivity contribution in [1.82, 2.24) is 15.2 Å². The van der Waals surface area contributed by atoms with Gasteiger partial charge in [-0.05, 0) is 62.9 Å². The SMILES string of the molecule is C[C@@H](O)[C@H]1C(=O)N2C(C(=O)OCOC(=O)C(C)(C)C)=C(c3ccc(CNCC(=O)Nc4ccncc4)cc3)C[C@H]12. The Kier molecular flexibility index (Phi) is 8.65. The number of carbonyl (C=O) groups is 4. The van der Waals surface area contributed by atoms with E-state index >= 15 is 0 Å². The van der Waals surface area contributed by atoms with Gasteiger partial charge < -0.3 is 30.1 Å². The maximum Gasteiger partial charge on any atom is 0.358 e. The number of aliphatic hydroxyl groups excluding tert-OH is 1. The van der Waals surface area contributed by atoms with Gasteiger partial charge in [-0.2, -0.15) is 0 Å². The van der Waals surface area contributed by atoms with Crippen LogP contribution >= 0.6 is 0 Å². The smallest absolute Gasteiger partial charge is 0.358 e. The molecule has 2 aliphatic rings. The van der Waals surface area contributed by atoms with Gasteiger partial charge in [0.15, 0.2) is 0 Å². The molecule has 1 fully saturated rings. The quantitative estimate of drug-likeness (QED) is 0.230. The summed E-state index contributed by atoms with van der Waals surface area (Å²) in [4.78, 5) is 55.4. The highest BCUT2D eigenvalue weighted by Gasteiger charge is 2.57. The Labute approximate surface area is 232 Å². The third kappa shape index (κ3) is 6.37. The molecule has 3 atom stereocenters. The van der Waals surface area contributed by atoms with Crippen molar-refractivity contribution in [3.05, 3.63) is 65.6 Å². The third-order valence-corrected chi connectivity index (χ3v) is 6.80. The van der Waals surface area contributed by atoms with Gasteiger partial charge in [-0.15, -0.1) is 0 Å². The van der Waals surface area contributed by atoms with Crippen LogP contribution in [0.2, 0.25) is 0 Å². The minimum atomic E-state index is -0.859. The van der Waals surface area contributed by atoms with Gasteiger partial charge in [-0.1, -0.05) is 24.3 Å². The Balaban J connectivity index is 1.42. The normalized spacial score (nSPS) is 19.0. The topological polar surface area (TPSA) is 147 Å². The summed E-state index contributed by atoms with van der Waals surface area (Å²) in [6.45, 7) is 6.60. The van der Waals surface area contributed by atoms with E-state index in [4.69, 9.17) is 9.47 Å². The summed E-state index contributed by atoms with van der Waals surface area (Å²) in [7, 11) is 0.